The third kappa shape index (κ3) is 3.67. The lowest BCUT2D eigenvalue weighted by Gasteiger charge is -2.14. The highest BCUT2D eigenvalue weighted by Gasteiger charge is 2.25. The van der Waals surface area contributed by atoms with Gasteiger partial charge in [-0.3, -0.25) is 4.79 Å². The van der Waals surface area contributed by atoms with E-state index < -0.39 is 35.3 Å². The SMILES string of the molecule is CNc1snc(C)c1C(=O)OC(C)C(=O)Nc1c(F)cccc1F. The summed E-state index contributed by atoms with van der Waals surface area (Å²) < 4.78 is 36.2. The number of anilines is 2. The van der Waals surface area contributed by atoms with Crippen molar-refractivity contribution in [2.24, 2.45) is 0 Å². The van der Waals surface area contributed by atoms with E-state index in [4.69, 9.17) is 4.74 Å². The van der Waals surface area contributed by atoms with Crippen molar-refractivity contribution in [3.63, 3.8) is 0 Å². The number of aryl methyl sites for hydroxylation is 1. The van der Waals surface area contributed by atoms with Crippen molar-refractivity contribution >= 4 is 34.1 Å². The number of aromatic nitrogens is 1. The fourth-order valence-corrected chi connectivity index (χ4v) is 2.63. The molecule has 0 saturated carbocycles. The number of amides is 1. The molecular weight excluding hydrogens is 340 g/mol. The molecule has 2 N–H and O–H groups in total. The maximum atomic E-state index is 13.5. The summed E-state index contributed by atoms with van der Waals surface area (Å²) in [5.41, 5.74) is 0.0935. The minimum absolute atomic E-state index is 0.222. The van der Waals surface area contributed by atoms with Crippen molar-refractivity contribution in [3.05, 3.63) is 41.1 Å². The molecule has 0 bridgehead atoms. The van der Waals surface area contributed by atoms with Gasteiger partial charge in [0, 0.05) is 7.05 Å². The number of nitrogens with zero attached hydrogens (tertiary/aromatic N) is 1. The molecule has 1 aromatic carbocycles. The predicted molar refractivity (Wildman–Crippen MR) is 86.3 cm³/mol. The van der Waals surface area contributed by atoms with E-state index in [0.29, 0.717) is 10.7 Å². The number of nitrogens with one attached hydrogen (secondary N) is 2. The van der Waals surface area contributed by atoms with E-state index in [9.17, 15) is 18.4 Å². The van der Waals surface area contributed by atoms with Gasteiger partial charge in [-0.2, -0.15) is 4.37 Å². The lowest BCUT2D eigenvalue weighted by atomic mass is 10.2. The van der Waals surface area contributed by atoms with Gasteiger partial charge in [0.15, 0.2) is 6.10 Å². The second-order valence-electron chi connectivity index (χ2n) is 4.86. The molecule has 1 heterocycles. The standard InChI is InChI=1S/C15H15F2N3O3S/c1-7-11(14(18-3)24-20-7)15(22)23-8(2)13(21)19-12-9(16)5-4-6-10(12)17/h4-6,8,18H,1-3H3,(H,19,21). The van der Waals surface area contributed by atoms with Crippen molar-refractivity contribution in [2.75, 3.05) is 17.7 Å². The maximum Gasteiger partial charge on any atom is 0.343 e. The molecule has 2 rings (SSSR count). The van der Waals surface area contributed by atoms with Gasteiger partial charge in [0.2, 0.25) is 0 Å². The lowest BCUT2D eigenvalue weighted by Crippen LogP contribution is -2.30. The number of para-hydroxylation sites is 1. The Morgan fingerprint density at radius 2 is 1.92 bits per heavy atom. The summed E-state index contributed by atoms with van der Waals surface area (Å²) in [4.78, 5) is 24.2. The van der Waals surface area contributed by atoms with Crippen molar-refractivity contribution in [1.82, 2.24) is 4.37 Å². The average Bonchev–Trinajstić information content (AvgIpc) is 2.91. The average molecular weight is 355 g/mol. The third-order valence-electron chi connectivity index (χ3n) is 3.16. The summed E-state index contributed by atoms with van der Waals surface area (Å²) >= 11 is 1.08. The van der Waals surface area contributed by atoms with E-state index in [-0.39, 0.29) is 5.56 Å². The van der Waals surface area contributed by atoms with Gasteiger partial charge in [-0.25, -0.2) is 13.6 Å². The smallest absolute Gasteiger partial charge is 0.343 e. The van der Waals surface area contributed by atoms with Gasteiger partial charge in [-0.1, -0.05) is 6.07 Å². The quantitative estimate of drug-likeness (QED) is 0.806. The van der Waals surface area contributed by atoms with Crippen LogP contribution in [0.1, 0.15) is 23.0 Å². The summed E-state index contributed by atoms with van der Waals surface area (Å²) in [6.07, 6.45) is -1.25. The van der Waals surface area contributed by atoms with E-state index in [0.717, 1.165) is 23.7 Å². The summed E-state index contributed by atoms with van der Waals surface area (Å²) in [5.74, 6) is -3.43. The number of hydrogen-bond donors (Lipinski definition) is 2. The zero-order valence-corrected chi connectivity index (χ0v) is 14.0. The minimum Gasteiger partial charge on any atom is -0.449 e. The molecule has 0 spiro atoms. The molecule has 6 nitrogen and oxygen atoms in total. The Labute approximate surface area is 141 Å². The molecule has 0 aliphatic carbocycles. The van der Waals surface area contributed by atoms with E-state index in [1.807, 2.05) is 0 Å². The summed E-state index contributed by atoms with van der Waals surface area (Å²) in [6.45, 7) is 2.94. The molecule has 1 amide bonds. The highest BCUT2D eigenvalue weighted by Crippen LogP contribution is 2.25. The molecule has 2 aromatic rings. The van der Waals surface area contributed by atoms with Crippen LogP contribution in [0.15, 0.2) is 18.2 Å². The number of hydrogen-bond acceptors (Lipinski definition) is 6. The molecule has 0 aliphatic heterocycles. The van der Waals surface area contributed by atoms with Crippen LogP contribution in [-0.4, -0.2) is 29.4 Å². The van der Waals surface area contributed by atoms with Gasteiger partial charge in [0.05, 0.1) is 5.69 Å². The first-order valence-electron chi connectivity index (χ1n) is 6.95. The normalized spacial score (nSPS) is 11.7. The molecule has 0 aliphatic rings. The van der Waals surface area contributed by atoms with Gasteiger partial charge >= 0.3 is 5.97 Å². The highest BCUT2D eigenvalue weighted by atomic mass is 32.1. The Morgan fingerprint density at radius 3 is 2.50 bits per heavy atom. The van der Waals surface area contributed by atoms with Crippen molar-refractivity contribution in [2.45, 2.75) is 20.0 Å². The Kier molecular flexibility index (Phi) is 5.45. The molecule has 0 radical (unpaired) electrons. The first-order chi connectivity index (χ1) is 11.3. The molecular formula is C15H15F2N3O3S. The Morgan fingerprint density at radius 1 is 1.29 bits per heavy atom. The molecule has 24 heavy (non-hydrogen) atoms. The predicted octanol–water partition coefficient (Wildman–Crippen LogP) is 2.96. The third-order valence-corrected chi connectivity index (χ3v) is 4.11. The number of carbonyl (C=O) groups is 2. The van der Waals surface area contributed by atoms with Crippen molar-refractivity contribution < 1.29 is 23.1 Å². The fourth-order valence-electron chi connectivity index (χ4n) is 1.90. The fraction of sp³-hybridized carbons (Fsp3) is 0.267. The summed E-state index contributed by atoms with van der Waals surface area (Å²) in [7, 11) is 1.63. The van der Waals surface area contributed by atoms with Crippen LogP contribution in [0.4, 0.5) is 19.5 Å². The van der Waals surface area contributed by atoms with Gasteiger partial charge < -0.3 is 15.4 Å². The number of esters is 1. The van der Waals surface area contributed by atoms with Crippen LogP contribution in [-0.2, 0) is 9.53 Å². The van der Waals surface area contributed by atoms with Crippen molar-refractivity contribution in [3.8, 4) is 0 Å². The molecule has 0 fully saturated rings. The molecule has 1 unspecified atom stereocenters. The molecule has 128 valence electrons. The van der Waals surface area contributed by atoms with Crippen LogP contribution >= 0.6 is 11.5 Å². The van der Waals surface area contributed by atoms with Gasteiger partial charge in [0.25, 0.3) is 5.91 Å². The van der Waals surface area contributed by atoms with Crippen LogP contribution in [0.5, 0.6) is 0 Å². The lowest BCUT2D eigenvalue weighted by molar-refractivity contribution is -0.123. The largest absolute Gasteiger partial charge is 0.449 e. The minimum atomic E-state index is -1.25. The first-order valence-corrected chi connectivity index (χ1v) is 7.72. The van der Waals surface area contributed by atoms with E-state index in [2.05, 4.69) is 15.0 Å². The zero-order valence-electron chi connectivity index (χ0n) is 13.1. The molecule has 1 atom stereocenters. The van der Waals surface area contributed by atoms with Gasteiger partial charge in [-0.15, -0.1) is 0 Å². The van der Waals surface area contributed by atoms with Crippen LogP contribution < -0.4 is 10.6 Å². The Bertz CT molecular complexity index is 759. The van der Waals surface area contributed by atoms with Gasteiger partial charge in [-0.05, 0) is 37.5 Å². The van der Waals surface area contributed by atoms with Crippen molar-refractivity contribution in [1.29, 1.82) is 0 Å². The van der Waals surface area contributed by atoms with E-state index in [1.165, 1.54) is 13.0 Å². The molecule has 0 saturated heterocycles. The maximum absolute atomic E-state index is 13.5. The van der Waals surface area contributed by atoms with E-state index in [1.54, 1.807) is 14.0 Å². The monoisotopic (exact) mass is 355 g/mol. The number of carbonyl (C=O) groups excluding carboxylic acids is 2. The topological polar surface area (TPSA) is 80.3 Å². The zero-order chi connectivity index (χ0) is 17.9. The Hall–Kier alpha value is -2.55. The van der Waals surface area contributed by atoms with Crippen LogP contribution in [0.3, 0.4) is 0 Å². The van der Waals surface area contributed by atoms with Crippen LogP contribution in [0, 0.1) is 18.6 Å². The van der Waals surface area contributed by atoms with E-state index >= 15 is 0 Å². The van der Waals surface area contributed by atoms with Crippen LogP contribution in [0.2, 0.25) is 0 Å². The number of halogens is 2. The molecule has 1 aromatic heterocycles. The Balaban J connectivity index is 2.09. The first kappa shape index (κ1) is 17.8. The van der Waals surface area contributed by atoms with Gasteiger partial charge in [0.1, 0.15) is 27.9 Å². The highest BCUT2D eigenvalue weighted by molar-refractivity contribution is 7.10. The molecule has 9 heteroatoms. The number of ether oxygens (including phenoxy) is 1. The number of rotatable bonds is 5. The summed E-state index contributed by atoms with van der Waals surface area (Å²) in [6, 6.07) is 3.19. The summed E-state index contributed by atoms with van der Waals surface area (Å²) in [5, 5.41) is 5.39. The second-order valence-corrected chi connectivity index (χ2v) is 5.63. The number of benzene rings is 1. The van der Waals surface area contributed by atoms with Crippen LogP contribution in [0.25, 0.3) is 0 Å². The second kappa shape index (κ2) is 7.35.